The van der Waals surface area contributed by atoms with Gasteiger partial charge in [0.05, 0.1) is 24.9 Å². The molecule has 3 atom stereocenters. The number of nitrogens with one attached hydrogen (secondary N) is 1. The van der Waals surface area contributed by atoms with Crippen molar-refractivity contribution >= 4 is 5.95 Å². The molecule has 0 aromatic carbocycles. The molecule has 1 aromatic heterocycles. The van der Waals surface area contributed by atoms with E-state index in [1.165, 1.54) is 0 Å². The second kappa shape index (κ2) is 6.39. The largest absolute Gasteiger partial charge is 0.383 e. The summed E-state index contributed by atoms with van der Waals surface area (Å²) in [5.41, 5.74) is 1.03. The molecule has 1 aliphatic rings. The number of hydrogen-bond acceptors (Lipinski definition) is 4. The van der Waals surface area contributed by atoms with Gasteiger partial charge in [0.2, 0.25) is 5.95 Å². The molecule has 1 aromatic rings. The summed E-state index contributed by atoms with van der Waals surface area (Å²) >= 11 is 0. The van der Waals surface area contributed by atoms with Gasteiger partial charge in [-0.15, -0.1) is 0 Å². The quantitative estimate of drug-likeness (QED) is 0.858. The SMILES string of the molecule is COCC(C)n1cc(C)nc1NC(C)C1CCOC1. The Balaban J connectivity index is 2.06. The first kappa shape index (κ1) is 14.3. The Labute approximate surface area is 115 Å². The topological polar surface area (TPSA) is 48.3 Å². The third kappa shape index (κ3) is 3.48. The fraction of sp³-hybridized carbons (Fsp3) is 0.786. The van der Waals surface area contributed by atoms with E-state index in [9.17, 15) is 0 Å². The van der Waals surface area contributed by atoms with Crippen LogP contribution in [-0.4, -0.2) is 42.5 Å². The Hall–Kier alpha value is -1.07. The summed E-state index contributed by atoms with van der Waals surface area (Å²) in [5, 5.41) is 3.53. The molecule has 0 amide bonds. The van der Waals surface area contributed by atoms with Crippen molar-refractivity contribution < 1.29 is 9.47 Å². The minimum Gasteiger partial charge on any atom is -0.383 e. The maximum absolute atomic E-state index is 5.45. The zero-order chi connectivity index (χ0) is 13.8. The number of aromatic nitrogens is 2. The van der Waals surface area contributed by atoms with E-state index in [-0.39, 0.29) is 6.04 Å². The molecule has 5 nitrogen and oxygen atoms in total. The van der Waals surface area contributed by atoms with Crippen molar-refractivity contribution in [1.82, 2.24) is 9.55 Å². The average molecular weight is 267 g/mol. The minimum atomic E-state index is 0.278. The summed E-state index contributed by atoms with van der Waals surface area (Å²) in [5.74, 6) is 1.50. The molecule has 1 N–H and O–H groups in total. The molecule has 0 aliphatic carbocycles. The van der Waals surface area contributed by atoms with Crippen LogP contribution in [0.5, 0.6) is 0 Å². The van der Waals surface area contributed by atoms with Gasteiger partial charge in [-0.2, -0.15) is 0 Å². The molecule has 0 radical (unpaired) electrons. The minimum absolute atomic E-state index is 0.278. The Morgan fingerprint density at radius 3 is 3.00 bits per heavy atom. The lowest BCUT2D eigenvalue weighted by Crippen LogP contribution is -2.28. The smallest absolute Gasteiger partial charge is 0.203 e. The average Bonchev–Trinajstić information content (AvgIpc) is 2.98. The monoisotopic (exact) mass is 267 g/mol. The number of imidazole rings is 1. The van der Waals surface area contributed by atoms with E-state index in [2.05, 4.69) is 34.9 Å². The van der Waals surface area contributed by atoms with E-state index in [0.29, 0.717) is 18.6 Å². The van der Waals surface area contributed by atoms with Crippen LogP contribution in [0.3, 0.4) is 0 Å². The lowest BCUT2D eigenvalue weighted by molar-refractivity contribution is 0.162. The normalized spacial score (nSPS) is 22.4. The Morgan fingerprint density at radius 1 is 1.58 bits per heavy atom. The van der Waals surface area contributed by atoms with Crippen molar-refractivity contribution in [2.24, 2.45) is 5.92 Å². The molecule has 108 valence electrons. The maximum Gasteiger partial charge on any atom is 0.203 e. The van der Waals surface area contributed by atoms with Crippen molar-refractivity contribution in [3.05, 3.63) is 11.9 Å². The number of methoxy groups -OCH3 is 1. The van der Waals surface area contributed by atoms with Crippen LogP contribution in [0.15, 0.2) is 6.20 Å². The highest BCUT2D eigenvalue weighted by Gasteiger charge is 2.24. The van der Waals surface area contributed by atoms with Crippen LogP contribution in [0, 0.1) is 12.8 Å². The number of aryl methyl sites for hydroxylation is 1. The highest BCUT2D eigenvalue weighted by atomic mass is 16.5. The number of anilines is 1. The van der Waals surface area contributed by atoms with Crippen molar-refractivity contribution in [1.29, 1.82) is 0 Å². The summed E-state index contributed by atoms with van der Waals surface area (Å²) in [6.45, 7) is 8.77. The summed E-state index contributed by atoms with van der Waals surface area (Å²) in [6, 6.07) is 0.651. The standard InChI is InChI=1S/C14H25N3O2/c1-10-7-17(11(2)8-18-4)14(15-10)16-12(3)13-5-6-19-9-13/h7,11-13H,5-6,8-9H2,1-4H3,(H,15,16). The molecule has 5 heteroatoms. The van der Waals surface area contributed by atoms with Gasteiger partial charge in [0, 0.05) is 31.9 Å². The van der Waals surface area contributed by atoms with Gasteiger partial charge in [-0.05, 0) is 27.2 Å². The van der Waals surface area contributed by atoms with Gasteiger partial charge >= 0.3 is 0 Å². The van der Waals surface area contributed by atoms with E-state index < -0.39 is 0 Å². The summed E-state index contributed by atoms with van der Waals surface area (Å²) in [6.07, 6.45) is 3.20. The molecule has 1 fully saturated rings. The molecule has 0 spiro atoms. The van der Waals surface area contributed by atoms with Gasteiger partial charge in [0.1, 0.15) is 0 Å². The van der Waals surface area contributed by atoms with Crippen molar-refractivity contribution in [2.45, 2.75) is 39.3 Å². The van der Waals surface area contributed by atoms with Crippen LogP contribution < -0.4 is 5.32 Å². The number of nitrogens with zero attached hydrogens (tertiary/aromatic N) is 2. The Morgan fingerprint density at radius 2 is 2.37 bits per heavy atom. The molecular formula is C14H25N3O2. The molecule has 1 saturated heterocycles. The van der Waals surface area contributed by atoms with Crippen LogP contribution in [-0.2, 0) is 9.47 Å². The van der Waals surface area contributed by atoms with E-state index in [1.807, 2.05) is 6.92 Å². The number of rotatable bonds is 6. The van der Waals surface area contributed by atoms with Gasteiger partial charge in [0.15, 0.2) is 0 Å². The van der Waals surface area contributed by atoms with E-state index in [1.54, 1.807) is 7.11 Å². The molecule has 1 aliphatic heterocycles. The summed E-state index contributed by atoms with van der Waals surface area (Å²) in [7, 11) is 1.73. The molecule has 19 heavy (non-hydrogen) atoms. The zero-order valence-electron chi connectivity index (χ0n) is 12.3. The van der Waals surface area contributed by atoms with Crippen molar-refractivity contribution in [3.63, 3.8) is 0 Å². The van der Waals surface area contributed by atoms with Crippen LogP contribution >= 0.6 is 0 Å². The molecule has 0 bridgehead atoms. The highest BCUT2D eigenvalue weighted by molar-refractivity contribution is 5.31. The molecule has 2 rings (SSSR count). The molecule has 3 unspecified atom stereocenters. The van der Waals surface area contributed by atoms with Gasteiger partial charge in [-0.3, -0.25) is 0 Å². The second-order valence-corrected chi connectivity index (χ2v) is 5.47. The zero-order valence-corrected chi connectivity index (χ0v) is 12.3. The van der Waals surface area contributed by atoms with Crippen molar-refractivity contribution in [2.75, 3.05) is 32.2 Å². The highest BCUT2D eigenvalue weighted by Crippen LogP contribution is 2.22. The second-order valence-electron chi connectivity index (χ2n) is 5.47. The van der Waals surface area contributed by atoms with Gasteiger partial charge in [0.25, 0.3) is 0 Å². The fourth-order valence-corrected chi connectivity index (χ4v) is 2.55. The Kier molecular flexibility index (Phi) is 4.82. The predicted molar refractivity (Wildman–Crippen MR) is 75.6 cm³/mol. The predicted octanol–water partition coefficient (Wildman–Crippen LogP) is 2.24. The first-order chi connectivity index (χ1) is 9.11. The summed E-state index contributed by atoms with van der Waals surface area (Å²) in [4.78, 5) is 4.58. The molecular weight excluding hydrogens is 242 g/mol. The summed E-state index contributed by atoms with van der Waals surface area (Å²) < 4.78 is 12.8. The third-order valence-electron chi connectivity index (χ3n) is 3.76. The van der Waals surface area contributed by atoms with Crippen LogP contribution in [0.4, 0.5) is 5.95 Å². The van der Waals surface area contributed by atoms with E-state index >= 15 is 0 Å². The first-order valence-corrected chi connectivity index (χ1v) is 7.00. The Bertz CT molecular complexity index is 399. The molecule has 0 saturated carbocycles. The molecule has 2 heterocycles. The number of hydrogen-bond donors (Lipinski definition) is 1. The first-order valence-electron chi connectivity index (χ1n) is 7.00. The van der Waals surface area contributed by atoms with Crippen molar-refractivity contribution in [3.8, 4) is 0 Å². The van der Waals surface area contributed by atoms with Gasteiger partial charge in [-0.1, -0.05) is 0 Å². The fourth-order valence-electron chi connectivity index (χ4n) is 2.55. The van der Waals surface area contributed by atoms with Gasteiger partial charge in [-0.25, -0.2) is 4.98 Å². The van der Waals surface area contributed by atoms with Crippen LogP contribution in [0.2, 0.25) is 0 Å². The van der Waals surface area contributed by atoms with E-state index in [0.717, 1.165) is 31.3 Å². The van der Waals surface area contributed by atoms with Crippen LogP contribution in [0.1, 0.15) is 32.0 Å². The van der Waals surface area contributed by atoms with Gasteiger partial charge < -0.3 is 19.4 Å². The maximum atomic E-state index is 5.45. The lowest BCUT2D eigenvalue weighted by Gasteiger charge is -2.22. The number of ether oxygens (including phenoxy) is 2. The van der Waals surface area contributed by atoms with Crippen LogP contribution in [0.25, 0.3) is 0 Å². The van der Waals surface area contributed by atoms with E-state index in [4.69, 9.17) is 9.47 Å². The lowest BCUT2D eigenvalue weighted by atomic mass is 10.0. The third-order valence-corrected chi connectivity index (χ3v) is 3.76.